The SMILES string of the molecule is Cl.OCc1ccccc1CNC1CCCC1. The molecule has 0 spiro atoms. The molecule has 0 amide bonds. The minimum atomic E-state index is 0. The molecule has 0 bridgehead atoms. The molecule has 0 atom stereocenters. The second-order valence-electron chi connectivity index (χ2n) is 4.29. The predicted molar refractivity (Wildman–Crippen MR) is 68.7 cm³/mol. The highest BCUT2D eigenvalue weighted by molar-refractivity contribution is 5.85. The van der Waals surface area contributed by atoms with Crippen molar-refractivity contribution < 1.29 is 5.11 Å². The number of aliphatic hydroxyl groups excluding tert-OH is 1. The highest BCUT2D eigenvalue weighted by atomic mass is 35.5. The zero-order valence-electron chi connectivity index (χ0n) is 9.48. The van der Waals surface area contributed by atoms with Gasteiger partial charge in [-0.25, -0.2) is 0 Å². The van der Waals surface area contributed by atoms with Crippen molar-refractivity contribution in [2.24, 2.45) is 0 Å². The van der Waals surface area contributed by atoms with Crippen LogP contribution in [0.3, 0.4) is 0 Å². The van der Waals surface area contributed by atoms with E-state index in [-0.39, 0.29) is 19.0 Å². The van der Waals surface area contributed by atoms with Crippen molar-refractivity contribution in [3.8, 4) is 0 Å². The van der Waals surface area contributed by atoms with Gasteiger partial charge in [-0.15, -0.1) is 12.4 Å². The summed E-state index contributed by atoms with van der Waals surface area (Å²) in [5, 5.41) is 12.7. The average Bonchev–Trinajstić information content (AvgIpc) is 2.79. The second kappa shape index (κ2) is 6.89. The third-order valence-corrected chi connectivity index (χ3v) is 3.23. The molecule has 1 aromatic rings. The molecule has 2 nitrogen and oxygen atoms in total. The van der Waals surface area contributed by atoms with E-state index in [2.05, 4.69) is 11.4 Å². The summed E-state index contributed by atoms with van der Waals surface area (Å²) in [7, 11) is 0. The van der Waals surface area contributed by atoms with Gasteiger partial charge in [-0.1, -0.05) is 37.1 Å². The molecule has 90 valence electrons. The summed E-state index contributed by atoms with van der Waals surface area (Å²) < 4.78 is 0. The highest BCUT2D eigenvalue weighted by Crippen LogP contribution is 2.18. The number of aliphatic hydroxyl groups is 1. The summed E-state index contributed by atoms with van der Waals surface area (Å²) in [6.45, 7) is 1.03. The van der Waals surface area contributed by atoms with Crippen LogP contribution in [0.5, 0.6) is 0 Å². The first kappa shape index (κ1) is 13.5. The minimum Gasteiger partial charge on any atom is -0.392 e. The monoisotopic (exact) mass is 241 g/mol. The van der Waals surface area contributed by atoms with Crippen molar-refractivity contribution in [3.05, 3.63) is 35.4 Å². The van der Waals surface area contributed by atoms with E-state index >= 15 is 0 Å². The molecule has 0 heterocycles. The van der Waals surface area contributed by atoms with Gasteiger partial charge in [0.15, 0.2) is 0 Å². The molecular weight excluding hydrogens is 222 g/mol. The number of hydrogen-bond acceptors (Lipinski definition) is 2. The molecular formula is C13H20ClNO. The lowest BCUT2D eigenvalue weighted by Crippen LogP contribution is -2.25. The summed E-state index contributed by atoms with van der Waals surface area (Å²) in [6.07, 6.45) is 5.33. The summed E-state index contributed by atoms with van der Waals surface area (Å²) >= 11 is 0. The summed E-state index contributed by atoms with van der Waals surface area (Å²) in [5.41, 5.74) is 2.27. The Hall–Kier alpha value is -0.570. The quantitative estimate of drug-likeness (QED) is 0.850. The van der Waals surface area contributed by atoms with Crippen LogP contribution < -0.4 is 5.32 Å². The number of benzene rings is 1. The smallest absolute Gasteiger partial charge is 0.0685 e. The maximum Gasteiger partial charge on any atom is 0.0685 e. The van der Waals surface area contributed by atoms with Crippen LogP contribution in [0.2, 0.25) is 0 Å². The van der Waals surface area contributed by atoms with E-state index in [4.69, 9.17) is 0 Å². The van der Waals surface area contributed by atoms with Crippen molar-refractivity contribution in [1.29, 1.82) is 0 Å². The van der Waals surface area contributed by atoms with Gasteiger partial charge in [-0.3, -0.25) is 0 Å². The van der Waals surface area contributed by atoms with Gasteiger partial charge in [0.25, 0.3) is 0 Å². The Morgan fingerprint density at radius 2 is 1.75 bits per heavy atom. The fourth-order valence-corrected chi connectivity index (χ4v) is 2.27. The van der Waals surface area contributed by atoms with Crippen LogP contribution in [0, 0.1) is 0 Å². The Balaban J connectivity index is 0.00000128. The van der Waals surface area contributed by atoms with Crippen LogP contribution >= 0.6 is 12.4 Å². The number of rotatable bonds is 4. The molecule has 1 aliphatic carbocycles. The lowest BCUT2D eigenvalue weighted by atomic mass is 10.1. The van der Waals surface area contributed by atoms with Crippen LogP contribution in [-0.4, -0.2) is 11.1 Å². The standard InChI is InChI=1S/C13H19NO.ClH/c15-10-12-6-2-1-5-11(12)9-14-13-7-3-4-8-13;/h1-2,5-6,13-15H,3-4,7-10H2;1H. The van der Waals surface area contributed by atoms with Crippen LogP contribution in [0.15, 0.2) is 24.3 Å². The molecule has 0 saturated heterocycles. The van der Waals surface area contributed by atoms with Gasteiger partial charge >= 0.3 is 0 Å². The average molecular weight is 242 g/mol. The fourth-order valence-electron chi connectivity index (χ4n) is 2.27. The van der Waals surface area contributed by atoms with E-state index in [0.29, 0.717) is 6.04 Å². The first-order chi connectivity index (χ1) is 7.40. The Morgan fingerprint density at radius 1 is 1.12 bits per heavy atom. The number of halogens is 1. The molecule has 2 rings (SSSR count). The Bertz CT molecular complexity index is 311. The van der Waals surface area contributed by atoms with E-state index in [9.17, 15) is 5.11 Å². The maximum atomic E-state index is 9.18. The lowest BCUT2D eigenvalue weighted by molar-refractivity contribution is 0.280. The predicted octanol–water partition coefficient (Wildman–Crippen LogP) is 2.63. The minimum absolute atomic E-state index is 0. The molecule has 0 radical (unpaired) electrons. The van der Waals surface area contributed by atoms with Crippen molar-refractivity contribution >= 4 is 12.4 Å². The zero-order chi connectivity index (χ0) is 10.5. The third kappa shape index (κ3) is 3.48. The van der Waals surface area contributed by atoms with Crippen molar-refractivity contribution in [1.82, 2.24) is 5.32 Å². The van der Waals surface area contributed by atoms with E-state index < -0.39 is 0 Å². The molecule has 16 heavy (non-hydrogen) atoms. The van der Waals surface area contributed by atoms with Gasteiger partial charge in [0.2, 0.25) is 0 Å². The van der Waals surface area contributed by atoms with Gasteiger partial charge in [-0.2, -0.15) is 0 Å². The fraction of sp³-hybridized carbons (Fsp3) is 0.538. The molecule has 0 aromatic heterocycles. The van der Waals surface area contributed by atoms with Gasteiger partial charge in [0, 0.05) is 12.6 Å². The maximum absolute atomic E-state index is 9.18. The number of nitrogens with one attached hydrogen (secondary N) is 1. The Kier molecular flexibility index (Phi) is 5.81. The van der Waals surface area contributed by atoms with Gasteiger partial charge in [0.1, 0.15) is 0 Å². The molecule has 1 saturated carbocycles. The number of hydrogen-bond donors (Lipinski definition) is 2. The van der Waals surface area contributed by atoms with Gasteiger partial charge < -0.3 is 10.4 Å². The zero-order valence-corrected chi connectivity index (χ0v) is 10.3. The van der Waals surface area contributed by atoms with Crippen LogP contribution in [0.4, 0.5) is 0 Å². The summed E-state index contributed by atoms with van der Waals surface area (Å²) in [4.78, 5) is 0. The molecule has 2 N–H and O–H groups in total. The highest BCUT2D eigenvalue weighted by Gasteiger charge is 2.14. The van der Waals surface area contributed by atoms with E-state index in [1.807, 2.05) is 18.2 Å². The molecule has 0 unspecified atom stereocenters. The first-order valence-electron chi connectivity index (χ1n) is 5.81. The van der Waals surface area contributed by atoms with Crippen molar-refractivity contribution in [3.63, 3.8) is 0 Å². The molecule has 0 aliphatic heterocycles. The summed E-state index contributed by atoms with van der Waals surface area (Å²) in [5.74, 6) is 0. The molecule has 1 fully saturated rings. The van der Waals surface area contributed by atoms with E-state index in [1.165, 1.54) is 31.2 Å². The lowest BCUT2D eigenvalue weighted by Gasteiger charge is -2.13. The van der Waals surface area contributed by atoms with Crippen LogP contribution in [0.1, 0.15) is 36.8 Å². The van der Waals surface area contributed by atoms with Gasteiger partial charge in [-0.05, 0) is 24.0 Å². The van der Waals surface area contributed by atoms with E-state index in [1.54, 1.807) is 0 Å². The third-order valence-electron chi connectivity index (χ3n) is 3.23. The normalized spacial score (nSPS) is 16.1. The Labute approximate surface area is 103 Å². The Morgan fingerprint density at radius 3 is 2.38 bits per heavy atom. The van der Waals surface area contributed by atoms with Crippen molar-refractivity contribution in [2.45, 2.75) is 44.9 Å². The van der Waals surface area contributed by atoms with Crippen molar-refractivity contribution in [2.75, 3.05) is 0 Å². The largest absolute Gasteiger partial charge is 0.392 e. The molecule has 1 aliphatic rings. The molecule has 1 aromatic carbocycles. The first-order valence-corrected chi connectivity index (χ1v) is 5.81. The summed E-state index contributed by atoms with van der Waals surface area (Å²) in [6, 6.07) is 8.78. The van der Waals surface area contributed by atoms with Gasteiger partial charge in [0.05, 0.1) is 6.61 Å². The second-order valence-corrected chi connectivity index (χ2v) is 4.29. The van der Waals surface area contributed by atoms with Crippen LogP contribution in [-0.2, 0) is 13.2 Å². The van der Waals surface area contributed by atoms with E-state index in [0.717, 1.165) is 12.1 Å². The van der Waals surface area contributed by atoms with Crippen LogP contribution in [0.25, 0.3) is 0 Å². The topological polar surface area (TPSA) is 32.3 Å². The molecule has 3 heteroatoms.